The summed E-state index contributed by atoms with van der Waals surface area (Å²) < 4.78 is 1.95. The van der Waals surface area contributed by atoms with Crippen LogP contribution in [0.15, 0.2) is 24.5 Å². The minimum Gasteiger partial charge on any atom is -0.395 e. The highest BCUT2D eigenvalue weighted by Gasteiger charge is 2.27. The monoisotopic (exact) mass is 378 g/mol. The summed E-state index contributed by atoms with van der Waals surface area (Å²) >= 11 is 12.7. The van der Waals surface area contributed by atoms with E-state index in [1.165, 1.54) is 0 Å². The van der Waals surface area contributed by atoms with Crippen LogP contribution in [0, 0.1) is 0 Å². The third-order valence-electron chi connectivity index (χ3n) is 4.64. The number of aromatic amines is 1. The number of benzene rings is 1. The summed E-state index contributed by atoms with van der Waals surface area (Å²) in [7, 11) is 0. The van der Waals surface area contributed by atoms with Crippen LogP contribution in [0.1, 0.15) is 5.69 Å². The van der Waals surface area contributed by atoms with E-state index >= 15 is 0 Å². The average molecular weight is 379 g/mol. The number of aromatic nitrogens is 3. The Labute approximate surface area is 153 Å². The fraction of sp³-hybridized carbons (Fsp3) is 0.294. The number of β-amino-alcohol motifs (C(OH)–C–C–N with tert-alkyl or cyclic N) is 1. The molecule has 6 nitrogen and oxygen atoms in total. The summed E-state index contributed by atoms with van der Waals surface area (Å²) in [4.78, 5) is 14.3. The first-order chi connectivity index (χ1) is 12.1. The van der Waals surface area contributed by atoms with Crippen molar-refractivity contribution in [3.63, 3.8) is 0 Å². The Balaban J connectivity index is 1.98. The van der Waals surface area contributed by atoms with E-state index in [1.807, 2.05) is 16.8 Å². The van der Waals surface area contributed by atoms with E-state index in [9.17, 15) is 9.90 Å². The highest BCUT2D eigenvalue weighted by molar-refractivity contribution is 6.45. The summed E-state index contributed by atoms with van der Waals surface area (Å²) in [6.07, 6.45) is 4.25. The van der Waals surface area contributed by atoms with Crippen molar-refractivity contribution >= 4 is 40.0 Å². The van der Waals surface area contributed by atoms with E-state index in [4.69, 9.17) is 23.2 Å². The zero-order valence-electron chi connectivity index (χ0n) is 13.3. The number of amides is 1. The second kappa shape index (κ2) is 6.37. The molecule has 8 heteroatoms. The van der Waals surface area contributed by atoms with Crippen LogP contribution >= 0.6 is 23.2 Å². The zero-order chi connectivity index (χ0) is 17.6. The van der Waals surface area contributed by atoms with Gasteiger partial charge in [-0.05, 0) is 6.07 Å². The fourth-order valence-electron chi connectivity index (χ4n) is 3.53. The zero-order valence-corrected chi connectivity index (χ0v) is 14.8. The predicted octanol–water partition coefficient (Wildman–Crippen LogP) is 2.72. The Morgan fingerprint density at radius 2 is 2.16 bits per heavy atom. The van der Waals surface area contributed by atoms with Gasteiger partial charge in [-0.25, -0.2) is 0 Å². The summed E-state index contributed by atoms with van der Waals surface area (Å²) in [6, 6.07) is 3.71. The van der Waals surface area contributed by atoms with Crippen molar-refractivity contribution in [1.82, 2.24) is 19.7 Å². The van der Waals surface area contributed by atoms with Crippen molar-refractivity contribution in [2.45, 2.75) is 13.0 Å². The van der Waals surface area contributed by atoms with Crippen LogP contribution in [-0.4, -0.2) is 50.4 Å². The van der Waals surface area contributed by atoms with Crippen molar-refractivity contribution in [1.29, 1.82) is 0 Å². The number of aliphatic hydroxyl groups is 1. The molecule has 2 aromatic heterocycles. The third-order valence-corrected chi connectivity index (χ3v) is 5.44. The van der Waals surface area contributed by atoms with Crippen LogP contribution in [0.4, 0.5) is 0 Å². The van der Waals surface area contributed by atoms with Gasteiger partial charge in [0, 0.05) is 47.9 Å². The fourth-order valence-corrected chi connectivity index (χ4v) is 3.95. The number of nitrogens with zero attached hydrogens (tertiary/aromatic N) is 3. The van der Waals surface area contributed by atoms with Crippen molar-refractivity contribution in [2.75, 3.05) is 19.7 Å². The third kappa shape index (κ3) is 2.61. The van der Waals surface area contributed by atoms with Gasteiger partial charge in [-0.15, -0.1) is 0 Å². The van der Waals surface area contributed by atoms with E-state index in [0.29, 0.717) is 29.6 Å². The molecule has 25 heavy (non-hydrogen) atoms. The van der Waals surface area contributed by atoms with Crippen molar-refractivity contribution in [3.8, 4) is 11.1 Å². The number of H-pyrrole nitrogens is 1. The summed E-state index contributed by atoms with van der Waals surface area (Å²) in [5.74, 6) is -0.0421. The standard InChI is InChI=1S/C17H16Cl2N4O2/c18-12-2-1-11-15(10-7-20-21-8-10)13-3-4-22(5-6-24)14(25)9-23(13)17(11)16(12)19/h1-2,7-8,24H,3-6,9H2,(H,20,21). The molecule has 3 heterocycles. The van der Waals surface area contributed by atoms with Gasteiger partial charge in [-0.2, -0.15) is 5.10 Å². The molecule has 0 aliphatic carbocycles. The van der Waals surface area contributed by atoms with E-state index in [0.717, 1.165) is 27.7 Å². The molecule has 1 aromatic carbocycles. The number of fused-ring (bicyclic) bond motifs is 3. The molecular weight excluding hydrogens is 363 g/mol. The van der Waals surface area contributed by atoms with Gasteiger partial charge in [0.25, 0.3) is 0 Å². The largest absolute Gasteiger partial charge is 0.395 e. The lowest BCUT2D eigenvalue weighted by molar-refractivity contribution is -0.131. The summed E-state index contributed by atoms with van der Waals surface area (Å²) in [5.41, 5.74) is 3.75. The SMILES string of the molecule is O=C1Cn2c(c(-c3cn[nH]c3)c3ccc(Cl)c(Cl)c32)CCN1CCO. The number of hydrogen-bond acceptors (Lipinski definition) is 3. The van der Waals surface area contributed by atoms with E-state index in [1.54, 1.807) is 17.2 Å². The van der Waals surface area contributed by atoms with Crippen molar-refractivity contribution < 1.29 is 9.90 Å². The first-order valence-corrected chi connectivity index (χ1v) is 8.74. The molecule has 0 saturated carbocycles. The van der Waals surface area contributed by atoms with Gasteiger partial charge in [0.15, 0.2) is 0 Å². The average Bonchev–Trinajstić information content (AvgIpc) is 3.18. The number of rotatable bonds is 3. The van der Waals surface area contributed by atoms with Gasteiger partial charge in [0.05, 0.1) is 28.4 Å². The lowest BCUT2D eigenvalue weighted by Gasteiger charge is -2.18. The van der Waals surface area contributed by atoms with Gasteiger partial charge < -0.3 is 14.6 Å². The predicted molar refractivity (Wildman–Crippen MR) is 96.9 cm³/mol. The van der Waals surface area contributed by atoms with E-state index in [-0.39, 0.29) is 19.1 Å². The van der Waals surface area contributed by atoms with Crippen LogP contribution in [-0.2, 0) is 17.8 Å². The lowest BCUT2D eigenvalue weighted by Crippen LogP contribution is -2.35. The highest BCUT2D eigenvalue weighted by atomic mass is 35.5. The number of aliphatic hydroxyl groups excluding tert-OH is 1. The summed E-state index contributed by atoms with van der Waals surface area (Å²) in [5, 5.41) is 17.9. The van der Waals surface area contributed by atoms with Crippen LogP contribution in [0.5, 0.6) is 0 Å². The molecule has 0 saturated heterocycles. The molecule has 130 valence electrons. The molecule has 0 bridgehead atoms. The Bertz CT molecular complexity index is 950. The van der Waals surface area contributed by atoms with Gasteiger partial charge in [-0.1, -0.05) is 29.3 Å². The van der Waals surface area contributed by atoms with Crippen LogP contribution in [0.3, 0.4) is 0 Å². The molecule has 0 radical (unpaired) electrons. The van der Waals surface area contributed by atoms with Crippen LogP contribution in [0.25, 0.3) is 22.0 Å². The van der Waals surface area contributed by atoms with Crippen molar-refractivity contribution in [3.05, 3.63) is 40.3 Å². The van der Waals surface area contributed by atoms with Crippen molar-refractivity contribution in [2.24, 2.45) is 0 Å². The number of hydrogen-bond donors (Lipinski definition) is 2. The molecule has 3 aromatic rings. The first kappa shape index (κ1) is 16.4. The molecule has 1 aliphatic heterocycles. The number of nitrogens with one attached hydrogen (secondary N) is 1. The highest BCUT2D eigenvalue weighted by Crippen LogP contribution is 2.41. The molecule has 1 amide bonds. The number of carbonyl (C=O) groups excluding carboxylic acids is 1. The second-order valence-electron chi connectivity index (χ2n) is 6.01. The Hall–Kier alpha value is -2.02. The maximum absolute atomic E-state index is 12.6. The van der Waals surface area contributed by atoms with Gasteiger partial charge >= 0.3 is 0 Å². The Morgan fingerprint density at radius 1 is 1.32 bits per heavy atom. The second-order valence-corrected chi connectivity index (χ2v) is 6.79. The molecule has 0 atom stereocenters. The molecule has 0 unspecified atom stereocenters. The lowest BCUT2D eigenvalue weighted by atomic mass is 10.0. The van der Waals surface area contributed by atoms with Crippen LogP contribution < -0.4 is 0 Å². The smallest absolute Gasteiger partial charge is 0.242 e. The molecule has 0 spiro atoms. The molecule has 1 aliphatic rings. The Kier molecular flexibility index (Phi) is 4.19. The first-order valence-electron chi connectivity index (χ1n) is 7.98. The van der Waals surface area contributed by atoms with E-state index < -0.39 is 0 Å². The maximum Gasteiger partial charge on any atom is 0.242 e. The maximum atomic E-state index is 12.6. The minimum atomic E-state index is -0.0530. The van der Waals surface area contributed by atoms with Gasteiger partial charge in [0.1, 0.15) is 6.54 Å². The minimum absolute atomic E-state index is 0.0421. The van der Waals surface area contributed by atoms with E-state index in [2.05, 4.69) is 10.2 Å². The number of carbonyl (C=O) groups is 1. The molecule has 2 N–H and O–H groups in total. The molecule has 4 rings (SSSR count). The summed E-state index contributed by atoms with van der Waals surface area (Å²) in [6.45, 7) is 0.995. The topological polar surface area (TPSA) is 74.2 Å². The number of halogens is 2. The molecular formula is C17H16Cl2N4O2. The quantitative estimate of drug-likeness (QED) is 0.735. The molecule has 0 fully saturated rings. The van der Waals surface area contributed by atoms with Gasteiger partial charge in [0.2, 0.25) is 5.91 Å². The Morgan fingerprint density at radius 3 is 2.88 bits per heavy atom. The van der Waals surface area contributed by atoms with Gasteiger partial charge in [-0.3, -0.25) is 9.89 Å². The normalized spacial score (nSPS) is 14.8. The van der Waals surface area contributed by atoms with Crippen LogP contribution in [0.2, 0.25) is 10.0 Å².